The molecular formula is C12H17N5O. The zero-order chi connectivity index (χ0) is 13.0. The maximum atomic E-state index is 5.13. The van der Waals surface area contributed by atoms with Crippen molar-refractivity contribution >= 4 is 5.95 Å². The van der Waals surface area contributed by atoms with Gasteiger partial charge < -0.3 is 14.7 Å². The molecule has 0 fully saturated rings. The second-order valence-corrected chi connectivity index (χ2v) is 4.24. The van der Waals surface area contributed by atoms with Gasteiger partial charge in [0.15, 0.2) is 0 Å². The maximum absolute atomic E-state index is 5.13. The first-order valence-electron chi connectivity index (χ1n) is 5.81. The number of nitrogens with one attached hydrogen (secondary N) is 1. The van der Waals surface area contributed by atoms with E-state index in [0.29, 0.717) is 18.4 Å². The highest BCUT2D eigenvalue weighted by Crippen LogP contribution is 2.10. The molecule has 0 aromatic carbocycles. The minimum atomic E-state index is 0.140. The van der Waals surface area contributed by atoms with E-state index in [1.165, 1.54) is 0 Å². The molecule has 0 spiro atoms. The highest BCUT2D eigenvalue weighted by Gasteiger charge is 2.10. The molecule has 2 rings (SSSR count). The van der Waals surface area contributed by atoms with Gasteiger partial charge in [0.1, 0.15) is 0 Å². The predicted molar refractivity (Wildman–Crippen MR) is 68.1 cm³/mol. The van der Waals surface area contributed by atoms with E-state index >= 15 is 0 Å². The molecule has 0 amide bonds. The van der Waals surface area contributed by atoms with E-state index in [-0.39, 0.29) is 6.04 Å². The minimum Gasteiger partial charge on any atom is -0.344 e. The third-order valence-corrected chi connectivity index (χ3v) is 2.55. The van der Waals surface area contributed by atoms with Crippen molar-refractivity contribution in [3.63, 3.8) is 0 Å². The van der Waals surface area contributed by atoms with Crippen LogP contribution >= 0.6 is 0 Å². The summed E-state index contributed by atoms with van der Waals surface area (Å²) in [6.07, 6.45) is 1.78. The highest BCUT2D eigenvalue weighted by molar-refractivity contribution is 5.23. The Kier molecular flexibility index (Phi) is 3.88. The van der Waals surface area contributed by atoms with E-state index < -0.39 is 0 Å². The van der Waals surface area contributed by atoms with Crippen molar-refractivity contribution in [2.45, 2.75) is 19.5 Å². The topological polar surface area (TPSA) is 67.1 Å². The van der Waals surface area contributed by atoms with Gasteiger partial charge in [-0.05, 0) is 24.2 Å². The lowest BCUT2D eigenvalue weighted by Gasteiger charge is -2.10. The van der Waals surface area contributed by atoms with Gasteiger partial charge in [0.2, 0.25) is 5.89 Å². The van der Waals surface area contributed by atoms with Gasteiger partial charge in [-0.25, -0.2) is 0 Å². The monoisotopic (exact) mass is 247 g/mol. The fraction of sp³-hybridized carbons (Fsp3) is 0.417. The van der Waals surface area contributed by atoms with Crippen LogP contribution in [0, 0.1) is 0 Å². The molecule has 96 valence electrons. The molecule has 0 unspecified atom stereocenters. The van der Waals surface area contributed by atoms with Gasteiger partial charge >= 0.3 is 0 Å². The zero-order valence-electron chi connectivity index (χ0n) is 10.8. The first-order chi connectivity index (χ1) is 8.66. The molecule has 0 aliphatic heterocycles. The summed E-state index contributed by atoms with van der Waals surface area (Å²) in [5.74, 6) is 1.15. The van der Waals surface area contributed by atoms with Crippen molar-refractivity contribution < 1.29 is 4.52 Å². The summed E-state index contributed by atoms with van der Waals surface area (Å²) < 4.78 is 5.13. The molecule has 2 aromatic heterocycles. The molecule has 18 heavy (non-hydrogen) atoms. The van der Waals surface area contributed by atoms with Gasteiger partial charge in [-0.2, -0.15) is 4.98 Å². The molecule has 2 aromatic rings. The molecule has 6 heteroatoms. The Morgan fingerprint density at radius 3 is 2.83 bits per heavy atom. The maximum Gasteiger partial charge on any atom is 0.265 e. The molecule has 0 bridgehead atoms. The summed E-state index contributed by atoms with van der Waals surface area (Å²) in [7, 11) is 3.75. The molecular weight excluding hydrogens is 230 g/mol. The van der Waals surface area contributed by atoms with E-state index in [1.54, 1.807) is 11.1 Å². The van der Waals surface area contributed by atoms with Gasteiger partial charge in [-0.1, -0.05) is 6.07 Å². The molecule has 0 saturated carbocycles. The van der Waals surface area contributed by atoms with Crippen LogP contribution in [0.4, 0.5) is 5.95 Å². The van der Waals surface area contributed by atoms with Crippen molar-refractivity contribution in [2.24, 2.45) is 0 Å². The summed E-state index contributed by atoms with van der Waals surface area (Å²) in [5, 5.41) is 7.14. The number of rotatable bonds is 5. The quantitative estimate of drug-likeness (QED) is 0.861. The van der Waals surface area contributed by atoms with Crippen LogP contribution < -0.4 is 10.2 Å². The number of anilines is 1. The zero-order valence-corrected chi connectivity index (χ0v) is 10.8. The summed E-state index contributed by atoms with van der Waals surface area (Å²) in [5.41, 5.74) is 0.991. The van der Waals surface area contributed by atoms with Crippen LogP contribution in [0.1, 0.15) is 24.6 Å². The fourth-order valence-corrected chi connectivity index (χ4v) is 1.48. The summed E-state index contributed by atoms with van der Waals surface area (Å²) in [6, 6.07) is 5.99. The van der Waals surface area contributed by atoms with Crippen LogP contribution in [-0.4, -0.2) is 29.2 Å². The molecule has 0 radical (unpaired) electrons. The predicted octanol–water partition coefficient (Wildman–Crippen LogP) is 1.38. The number of hydrogen-bond donors (Lipinski definition) is 1. The van der Waals surface area contributed by atoms with E-state index in [1.807, 2.05) is 39.2 Å². The van der Waals surface area contributed by atoms with Crippen LogP contribution in [0.3, 0.4) is 0 Å². The van der Waals surface area contributed by atoms with Gasteiger partial charge in [-0.15, -0.1) is 0 Å². The van der Waals surface area contributed by atoms with E-state index in [4.69, 9.17) is 4.52 Å². The molecule has 0 aliphatic rings. The van der Waals surface area contributed by atoms with E-state index in [0.717, 1.165) is 5.69 Å². The van der Waals surface area contributed by atoms with Crippen molar-refractivity contribution in [3.8, 4) is 0 Å². The average Bonchev–Trinajstić information content (AvgIpc) is 2.86. The smallest absolute Gasteiger partial charge is 0.265 e. The first-order valence-corrected chi connectivity index (χ1v) is 5.81. The normalized spacial score (nSPS) is 12.4. The lowest BCUT2D eigenvalue weighted by atomic mass is 10.2. The van der Waals surface area contributed by atoms with Crippen molar-refractivity contribution in [3.05, 3.63) is 36.0 Å². The molecule has 1 N–H and O–H groups in total. The van der Waals surface area contributed by atoms with Gasteiger partial charge in [-0.3, -0.25) is 4.98 Å². The van der Waals surface area contributed by atoms with E-state index in [9.17, 15) is 0 Å². The van der Waals surface area contributed by atoms with Crippen LogP contribution in [-0.2, 0) is 6.54 Å². The minimum absolute atomic E-state index is 0.140. The van der Waals surface area contributed by atoms with Crippen LogP contribution in [0.5, 0.6) is 0 Å². The lowest BCUT2D eigenvalue weighted by molar-refractivity contribution is 0.359. The van der Waals surface area contributed by atoms with Crippen molar-refractivity contribution in [2.75, 3.05) is 19.0 Å². The average molecular weight is 247 g/mol. The molecule has 2 heterocycles. The second-order valence-electron chi connectivity index (χ2n) is 4.24. The molecule has 1 atom stereocenters. The number of pyridine rings is 1. The Morgan fingerprint density at radius 2 is 2.22 bits per heavy atom. The summed E-state index contributed by atoms with van der Waals surface area (Å²) >= 11 is 0. The SMILES string of the molecule is C[C@@H](NCc1nc(N(C)C)no1)c1ccccn1. The van der Waals surface area contributed by atoms with Crippen molar-refractivity contribution in [1.29, 1.82) is 0 Å². The van der Waals surface area contributed by atoms with Crippen LogP contribution in [0.15, 0.2) is 28.9 Å². The van der Waals surface area contributed by atoms with Crippen LogP contribution in [0.2, 0.25) is 0 Å². The fourth-order valence-electron chi connectivity index (χ4n) is 1.48. The Morgan fingerprint density at radius 1 is 1.39 bits per heavy atom. The Labute approximate surface area is 106 Å². The third-order valence-electron chi connectivity index (χ3n) is 2.55. The Bertz CT molecular complexity index is 482. The second kappa shape index (κ2) is 5.59. The Hall–Kier alpha value is -1.95. The standard InChI is InChI=1S/C12H17N5O/c1-9(10-6-4-5-7-13-10)14-8-11-15-12(16-18-11)17(2)3/h4-7,9,14H,8H2,1-3H3/t9-/m1/s1. The summed E-state index contributed by atoms with van der Waals surface area (Å²) in [4.78, 5) is 10.3. The Balaban J connectivity index is 1.91. The molecule has 0 aliphatic carbocycles. The van der Waals surface area contributed by atoms with Crippen LogP contribution in [0.25, 0.3) is 0 Å². The molecule has 0 saturated heterocycles. The summed E-state index contributed by atoms with van der Waals surface area (Å²) in [6.45, 7) is 2.57. The van der Waals surface area contributed by atoms with Gasteiger partial charge in [0.25, 0.3) is 5.95 Å². The third kappa shape index (κ3) is 3.04. The van der Waals surface area contributed by atoms with Crippen molar-refractivity contribution in [1.82, 2.24) is 20.4 Å². The number of nitrogens with zero attached hydrogens (tertiary/aromatic N) is 4. The largest absolute Gasteiger partial charge is 0.344 e. The lowest BCUT2D eigenvalue weighted by Crippen LogP contribution is -2.19. The number of aromatic nitrogens is 3. The highest BCUT2D eigenvalue weighted by atomic mass is 16.5. The van der Waals surface area contributed by atoms with Gasteiger partial charge in [0.05, 0.1) is 12.2 Å². The first kappa shape index (κ1) is 12.5. The molecule has 6 nitrogen and oxygen atoms in total. The van der Waals surface area contributed by atoms with Gasteiger partial charge in [0, 0.05) is 26.3 Å². The number of hydrogen-bond acceptors (Lipinski definition) is 6. The van der Waals surface area contributed by atoms with E-state index in [2.05, 4.69) is 20.4 Å².